The zero-order valence-electron chi connectivity index (χ0n) is 17.4. The van der Waals surface area contributed by atoms with Crippen LogP contribution in [0.15, 0.2) is 29.6 Å². The summed E-state index contributed by atoms with van der Waals surface area (Å²) < 4.78 is 5.51. The maximum atomic E-state index is 12.3. The molecule has 0 unspecified atom stereocenters. The van der Waals surface area contributed by atoms with Crippen molar-refractivity contribution in [2.45, 2.75) is 69.8 Å². The fraction of sp³-hybridized carbons (Fsp3) is 0.565. The second-order valence-corrected chi connectivity index (χ2v) is 10.6. The van der Waals surface area contributed by atoms with E-state index in [1.54, 1.807) is 11.3 Å². The van der Waals surface area contributed by atoms with Crippen molar-refractivity contribution in [1.82, 2.24) is 9.88 Å². The van der Waals surface area contributed by atoms with E-state index < -0.39 is 5.60 Å². The average molecular weight is 433 g/mol. The lowest BCUT2D eigenvalue weighted by Crippen LogP contribution is -2.41. The Kier molecular flexibility index (Phi) is 5.64. The normalized spacial score (nSPS) is 19.7. The molecule has 6 heteroatoms. The molecule has 0 radical (unpaired) electrons. The van der Waals surface area contributed by atoms with Crippen molar-refractivity contribution in [1.29, 1.82) is 0 Å². The second kappa shape index (κ2) is 7.92. The third kappa shape index (κ3) is 4.31. The lowest BCUT2D eigenvalue weighted by molar-refractivity contribution is 0.0204. The molecule has 1 aliphatic heterocycles. The molecular formula is C23H29ClN2O2S. The van der Waals surface area contributed by atoms with Crippen LogP contribution in [0, 0.1) is 0 Å². The van der Waals surface area contributed by atoms with Crippen molar-refractivity contribution in [3.05, 3.63) is 50.9 Å². The number of likely N-dealkylation sites (tertiary alicyclic amines) is 1. The van der Waals surface area contributed by atoms with Gasteiger partial charge in [0.05, 0.1) is 10.7 Å². The summed E-state index contributed by atoms with van der Waals surface area (Å²) >= 11 is 7.87. The minimum Gasteiger partial charge on any atom is -0.444 e. The van der Waals surface area contributed by atoms with Gasteiger partial charge in [-0.05, 0) is 64.2 Å². The number of amides is 1. The van der Waals surface area contributed by atoms with Crippen LogP contribution >= 0.6 is 22.9 Å². The number of thiazole rings is 1. The topological polar surface area (TPSA) is 42.4 Å². The molecule has 0 N–H and O–H groups in total. The summed E-state index contributed by atoms with van der Waals surface area (Å²) in [6.45, 7) is 7.19. The minimum absolute atomic E-state index is 0.0521. The Bertz CT molecular complexity index is 860. The molecule has 2 fully saturated rings. The summed E-state index contributed by atoms with van der Waals surface area (Å²) in [5.41, 5.74) is 2.14. The monoisotopic (exact) mass is 432 g/mol. The highest BCUT2D eigenvalue weighted by Gasteiger charge is 2.42. The SMILES string of the molecule is CC(C)(C)OC(=O)N1CCC(c2nc(C3(c4ccc(Cl)cc4)CCC3)cs2)CC1. The Morgan fingerprint density at radius 2 is 1.86 bits per heavy atom. The maximum Gasteiger partial charge on any atom is 0.410 e. The molecule has 1 saturated carbocycles. The Balaban J connectivity index is 1.43. The molecule has 0 atom stereocenters. The molecule has 1 amide bonds. The highest BCUT2D eigenvalue weighted by molar-refractivity contribution is 7.09. The van der Waals surface area contributed by atoms with Gasteiger partial charge in [0, 0.05) is 34.8 Å². The van der Waals surface area contributed by atoms with Gasteiger partial charge >= 0.3 is 6.09 Å². The third-order valence-corrected chi connectivity index (χ3v) is 7.37. The molecule has 4 nitrogen and oxygen atoms in total. The second-order valence-electron chi connectivity index (χ2n) is 9.26. The van der Waals surface area contributed by atoms with Crippen LogP contribution in [0.5, 0.6) is 0 Å². The fourth-order valence-corrected chi connectivity index (χ4v) is 5.54. The lowest BCUT2D eigenvalue weighted by Gasteiger charge is -2.41. The summed E-state index contributed by atoms with van der Waals surface area (Å²) in [6, 6.07) is 8.27. The number of nitrogens with zero attached hydrogens (tertiary/aromatic N) is 2. The molecular weight excluding hydrogens is 404 g/mol. The molecule has 0 spiro atoms. The Morgan fingerprint density at radius 1 is 1.21 bits per heavy atom. The largest absolute Gasteiger partial charge is 0.444 e. The summed E-state index contributed by atoms with van der Waals surface area (Å²) in [6.07, 6.45) is 5.22. The van der Waals surface area contributed by atoms with Crippen molar-refractivity contribution in [3.8, 4) is 0 Å². The number of ether oxygens (including phenoxy) is 1. The van der Waals surface area contributed by atoms with E-state index in [0.29, 0.717) is 5.92 Å². The number of hydrogen-bond acceptors (Lipinski definition) is 4. The molecule has 2 aromatic rings. The van der Waals surface area contributed by atoms with E-state index in [1.165, 1.54) is 22.7 Å². The standard InChI is InChI=1S/C23H29ClN2O2S/c1-22(2,3)28-21(27)26-13-9-16(10-14-26)20-25-19(15-29-20)23(11-4-12-23)17-5-7-18(24)8-6-17/h5-8,15-16H,4,9-14H2,1-3H3. The summed E-state index contributed by atoms with van der Waals surface area (Å²) in [5.74, 6) is 0.426. The number of rotatable bonds is 3. The summed E-state index contributed by atoms with van der Waals surface area (Å²) in [7, 11) is 0. The predicted octanol–water partition coefficient (Wildman–Crippen LogP) is 6.38. The number of piperidine rings is 1. The number of carbonyl (C=O) groups is 1. The predicted molar refractivity (Wildman–Crippen MR) is 118 cm³/mol. The Labute approximate surface area is 182 Å². The van der Waals surface area contributed by atoms with Gasteiger partial charge in [-0.2, -0.15) is 0 Å². The van der Waals surface area contributed by atoms with Gasteiger partial charge in [0.2, 0.25) is 0 Å². The van der Waals surface area contributed by atoms with Crippen LogP contribution in [0.1, 0.15) is 75.1 Å². The van der Waals surface area contributed by atoms with Gasteiger partial charge in [-0.3, -0.25) is 0 Å². The van der Waals surface area contributed by atoms with E-state index in [4.69, 9.17) is 21.3 Å². The summed E-state index contributed by atoms with van der Waals surface area (Å²) in [5, 5.41) is 4.24. The molecule has 1 aliphatic carbocycles. The van der Waals surface area contributed by atoms with Crippen LogP contribution in [0.2, 0.25) is 5.02 Å². The van der Waals surface area contributed by atoms with E-state index in [0.717, 1.165) is 43.8 Å². The van der Waals surface area contributed by atoms with Crippen LogP contribution in [0.3, 0.4) is 0 Å². The minimum atomic E-state index is -0.448. The summed E-state index contributed by atoms with van der Waals surface area (Å²) in [4.78, 5) is 19.2. The zero-order chi connectivity index (χ0) is 20.6. The Morgan fingerprint density at radius 3 is 2.41 bits per heavy atom. The Hall–Kier alpha value is -1.59. The lowest BCUT2D eigenvalue weighted by atomic mass is 9.63. The molecule has 1 aromatic heterocycles. The van der Waals surface area contributed by atoms with Crippen LogP contribution in [-0.2, 0) is 10.2 Å². The van der Waals surface area contributed by atoms with E-state index in [-0.39, 0.29) is 11.5 Å². The van der Waals surface area contributed by atoms with Crippen LogP contribution in [-0.4, -0.2) is 34.7 Å². The van der Waals surface area contributed by atoms with Crippen molar-refractivity contribution in [3.63, 3.8) is 0 Å². The molecule has 1 saturated heterocycles. The smallest absolute Gasteiger partial charge is 0.410 e. The first-order valence-corrected chi connectivity index (χ1v) is 11.7. The highest BCUT2D eigenvalue weighted by atomic mass is 35.5. The van der Waals surface area contributed by atoms with Gasteiger partial charge in [0.25, 0.3) is 0 Å². The first-order chi connectivity index (χ1) is 13.8. The first kappa shape index (κ1) is 20.7. The van der Waals surface area contributed by atoms with Gasteiger partial charge < -0.3 is 9.64 Å². The van der Waals surface area contributed by atoms with Crippen molar-refractivity contribution >= 4 is 29.0 Å². The van der Waals surface area contributed by atoms with Crippen molar-refractivity contribution < 1.29 is 9.53 Å². The molecule has 156 valence electrons. The molecule has 1 aromatic carbocycles. The van der Waals surface area contributed by atoms with Gasteiger partial charge in [0.1, 0.15) is 5.60 Å². The van der Waals surface area contributed by atoms with Gasteiger partial charge in [0.15, 0.2) is 0 Å². The molecule has 0 bridgehead atoms. The maximum absolute atomic E-state index is 12.3. The molecule has 4 rings (SSSR count). The van der Waals surface area contributed by atoms with Gasteiger partial charge in [-0.15, -0.1) is 11.3 Å². The van der Waals surface area contributed by atoms with Crippen LogP contribution in [0.4, 0.5) is 4.79 Å². The third-order valence-electron chi connectivity index (χ3n) is 6.11. The van der Waals surface area contributed by atoms with E-state index >= 15 is 0 Å². The number of aromatic nitrogens is 1. The van der Waals surface area contributed by atoms with Crippen molar-refractivity contribution in [2.75, 3.05) is 13.1 Å². The van der Waals surface area contributed by atoms with Gasteiger partial charge in [-0.25, -0.2) is 9.78 Å². The number of benzene rings is 1. The molecule has 29 heavy (non-hydrogen) atoms. The molecule has 2 aliphatic rings. The zero-order valence-corrected chi connectivity index (χ0v) is 19.0. The fourth-order valence-electron chi connectivity index (χ4n) is 4.32. The molecule has 2 heterocycles. The van der Waals surface area contributed by atoms with E-state index in [1.807, 2.05) is 37.8 Å². The first-order valence-electron chi connectivity index (χ1n) is 10.5. The van der Waals surface area contributed by atoms with E-state index in [9.17, 15) is 4.79 Å². The number of halogens is 1. The number of carbonyl (C=O) groups excluding carboxylic acids is 1. The van der Waals surface area contributed by atoms with Gasteiger partial charge in [-0.1, -0.05) is 30.2 Å². The average Bonchev–Trinajstić information content (AvgIpc) is 3.11. The van der Waals surface area contributed by atoms with Crippen LogP contribution in [0.25, 0.3) is 0 Å². The van der Waals surface area contributed by atoms with Crippen molar-refractivity contribution in [2.24, 2.45) is 0 Å². The van der Waals surface area contributed by atoms with E-state index in [2.05, 4.69) is 17.5 Å². The highest BCUT2D eigenvalue weighted by Crippen LogP contribution is 2.49. The quantitative estimate of drug-likeness (QED) is 0.564. The van der Waals surface area contributed by atoms with Crippen LogP contribution < -0.4 is 0 Å². The number of hydrogen-bond donors (Lipinski definition) is 0.